The number of benzene rings is 4. The number of fused-ring (bicyclic) bond motifs is 1. The van der Waals surface area contributed by atoms with Crippen molar-refractivity contribution in [2.45, 2.75) is 38.8 Å². The lowest BCUT2D eigenvalue weighted by atomic mass is 9.93. The van der Waals surface area contributed by atoms with Crippen LogP contribution in [0.15, 0.2) is 91.0 Å². The molecule has 0 fully saturated rings. The lowest BCUT2D eigenvalue weighted by Crippen LogP contribution is -2.30. The maximum Gasteiger partial charge on any atom is 0.165 e. The molecule has 35 heavy (non-hydrogen) atoms. The molecule has 0 aliphatic carbocycles. The fourth-order valence-electron chi connectivity index (χ4n) is 4.29. The number of hydrogen-bond acceptors (Lipinski definition) is 4. The van der Waals surface area contributed by atoms with Gasteiger partial charge < -0.3 is 19.3 Å². The molecule has 2 atom stereocenters. The first kappa shape index (κ1) is 22.9. The first-order valence-electron chi connectivity index (χ1n) is 11.7. The van der Waals surface area contributed by atoms with Crippen molar-refractivity contribution in [2.24, 2.45) is 0 Å². The zero-order chi connectivity index (χ0) is 24.2. The molecular weight excluding hydrogens is 443 g/mol. The Labute approximate surface area is 204 Å². The molecule has 1 unspecified atom stereocenters. The van der Waals surface area contributed by atoms with Crippen molar-refractivity contribution in [1.82, 2.24) is 0 Å². The van der Waals surface area contributed by atoms with E-state index in [9.17, 15) is 9.50 Å². The summed E-state index contributed by atoms with van der Waals surface area (Å²) in [4.78, 5) is 0. The van der Waals surface area contributed by atoms with Gasteiger partial charge in [0.05, 0.1) is 6.10 Å². The summed E-state index contributed by atoms with van der Waals surface area (Å²) in [6.45, 7) is 2.67. The third-order valence-electron chi connectivity index (χ3n) is 6.09. The molecule has 4 nitrogen and oxygen atoms in total. The molecule has 0 aromatic heterocycles. The first-order valence-corrected chi connectivity index (χ1v) is 11.7. The van der Waals surface area contributed by atoms with Gasteiger partial charge in [0.15, 0.2) is 11.6 Å². The van der Waals surface area contributed by atoms with Gasteiger partial charge in [-0.25, -0.2) is 4.39 Å². The maximum absolute atomic E-state index is 14.8. The van der Waals surface area contributed by atoms with Gasteiger partial charge in [-0.05, 0) is 53.4 Å². The summed E-state index contributed by atoms with van der Waals surface area (Å²) < 4.78 is 32.8. The van der Waals surface area contributed by atoms with Crippen LogP contribution in [0.25, 0.3) is 0 Å². The molecule has 1 aliphatic rings. The van der Waals surface area contributed by atoms with Crippen LogP contribution in [0, 0.1) is 12.7 Å². The van der Waals surface area contributed by atoms with E-state index >= 15 is 0 Å². The van der Waals surface area contributed by atoms with Gasteiger partial charge in [0.25, 0.3) is 0 Å². The molecule has 4 aromatic carbocycles. The molecule has 0 amide bonds. The Kier molecular flexibility index (Phi) is 6.68. The Hall–Kier alpha value is -3.83. The molecule has 0 radical (unpaired) electrons. The van der Waals surface area contributed by atoms with Crippen molar-refractivity contribution in [3.8, 4) is 17.2 Å². The van der Waals surface area contributed by atoms with Crippen LogP contribution in [-0.2, 0) is 19.6 Å². The Morgan fingerprint density at radius 1 is 0.829 bits per heavy atom. The predicted molar refractivity (Wildman–Crippen MR) is 132 cm³/mol. The Morgan fingerprint density at radius 3 is 2.09 bits per heavy atom. The number of halogens is 1. The highest BCUT2D eigenvalue weighted by molar-refractivity contribution is 5.50. The summed E-state index contributed by atoms with van der Waals surface area (Å²) >= 11 is 0. The zero-order valence-corrected chi connectivity index (χ0v) is 19.5. The van der Waals surface area contributed by atoms with E-state index in [1.807, 2.05) is 79.7 Å². The number of aliphatic hydroxyl groups is 1. The van der Waals surface area contributed by atoms with Gasteiger partial charge in [-0.15, -0.1) is 0 Å². The van der Waals surface area contributed by atoms with Gasteiger partial charge >= 0.3 is 0 Å². The van der Waals surface area contributed by atoms with E-state index in [0.717, 1.165) is 22.3 Å². The van der Waals surface area contributed by atoms with Crippen molar-refractivity contribution in [3.05, 3.63) is 125 Å². The largest absolute Gasteiger partial charge is 0.488 e. The number of aryl methyl sites for hydroxylation is 1. The summed E-state index contributed by atoms with van der Waals surface area (Å²) in [5.41, 5.74) is 4.37. The molecule has 4 aromatic rings. The van der Waals surface area contributed by atoms with E-state index in [1.165, 1.54) is 6.07 Å². The summed E-state index contributed by atoms with van der Waals surface area (Å²) in [5, 5.41) is 10.9. The zero-order valence-electron chi connectivity index (χ0n) is 19.5. The number of aliphatic hydroxyl groups excluding tert-OH is 1. The summed E-state index contributed by atoms with van der Waals surface area (Å²) in [7, 11) is 0. The third kappa shape index (κ3) is 5.31. The number of hydrogen-bond donors (Lipinski definition) is 1. The fraction of sp³-hybridized carbons (Fsp3) is 0.200. The lowest BCUT2D eigenvalue weighted by molar-refractivity contribution is 0.0194. The Balaban J connectivity index is 1.32. The second-order valence-corrected chi connectivity index (χ2v) is 8.79. The van der Waals surface area contributed by atoms with Crippen LogP contribution >= 0.6 is 0 Å². The minimum Gasteiger partial charge on any atom is -0.488 e. The average molecular weight is 471 g/mol. The lowest BCUT2D eigenvalue weighted by Gasteiger charge is -2.32. The fourth-order valence-corrected chi connectivity index (χ4v) is 4.29. The minimum atomic E-state index is -0.847. The molecule has 0 spiro atoms. The SMILES string of the molecule is Cc1cc(OCc2ccccc2)c2c(c1)OC(c1ccc(OCc3ccccc3)c(F)c1)[C@@H](O)C2. The van der Waals surface area contributed by atoms with Gasteiger partial charge in [0.2, 0.25) is 0 Å². The Bertz CT molecular complexity index is 1290. The minimum absolute atomic E-state index is 0.163. The van der Waals surface area contributed by atoms with E-state index in [2.05, 4.69) is 0 Å². The standard InChI is InChI=1S/C30H27FO4/c1-20-14-28(34-19-22-10-6-3-7-11-22)24-17-26(32)30(35-29(24)15-20)23-12-13-27(25(31)16-23)33-18-21-8-4-2-5-9-21/h2-16,26,30,32H,17-19H2,1H3/t26-,30?/m0/s1. The predicted octanol–water partition coefficient (Wildman–Crippen LogP) is 6.33. The topological polar surface area (TPSA) is 47.9 Å². The molecule has 178 valence electrons. The van der Waals surface area contributed by atoms with Crippen molar-refractivity contribution in [3.63, 3.8) is 0 Å². The van der Waals surface area contributed by atoms with Crippen molar-refractivity contribution >= 4 is 0 Å². The highest BCUT2D eigenvalue weighted by Gasteiger charge is 2.32. The van der Waals surface area contributed by atoms with Gasteiger partial charge in [0.1, 0.15) is 30.8 Å². The number of rotatable bonds is 7. The van der Waals surface area contributed by atoms with Crippen LogP contribution in [0.5, 0.6) is 17.2 Å². The highest BCUT2D eigenvalue weighted by Crippen LogP contribution is 2.41. The van der Waals surface area contributed by atoms with E-state index < -0.39 is 18.0 Å². The molecule has 5 rings (SSSR count). The van der Waals surface area contributed by atoms with Gasteiger partial charge in [0, 0.05) is 12.0 Å². The van der Waals surface area contributed by atoms with Crippen molar-refractivity contribution < 1.29 is 23.7 Å². The maximum atomic E-state index is 14.8. The molecule has 0 saturated carbocycles. The second kappa shape index (κ2) is 10.2. The molecule has 0 bridgehead atoms. The monoisotopic (exact) mass is 470 g/mol. The molecule has 5 heteroatoms. The van der Waals surface area contributed by atoms with Crippen LogP contribution < -0.4 is 14.2 Å². The summed E-state index contributed by atoms with van der Waals surface area (Å²) in [6, 6.07) is 28.1. The van der Waals surface area contributed by atoms with Gasteiger partial charge in [-0.1, -0.05) is 66.7 Å². The van der Waals surface area contributed by atoms with Crippen LogP contribution in [0.2, 0.25) is 0 Å². The van der Waals surface area contributed by atoms with Crippen LogP contribution in [0.4, 0.5) is 4.39 Å². The summed E-state index contributed by atoms with van der Waals surface area (Å²) in [5.74, 6) is 1.01. The average Bonchev–Trinajstić information content (AvgIpc) is 2.88. The molecule has 1 N–H and O–H groups in total. The normalized spacial score (nSPS) is 16.8. The Morgan fingerprint density at radius 2 is 1.46 bits per heavy atom. The van der Waals surface area contributed by atoms with E-state index in [-0.39, 0.29) is 12.4 Å². The van der Waals surface area contributed by atoms with E-state index in [0.29, 0.717) is 30.1 Å². The quantitative estimate of drug-likeness (QED) is 0.343. The van der Waals surface area contributed by atoms with Gasteiger partial charge in [-0.2, -0.15) is 0 Å². The van der Waals surface area contributed by atoms with Crippen LogP contribution in [0.1, 0.15) is 33.9 Å². The van der Waals surface area contributed by atoms with Crippen LogP contribution in [0.3, 0.4) is 0 Å². The van der Waals surface area contributed by atoms with Crippen LogP contribution in [-0.4, -0.2) is 11.2 Å². The van der Waals surface area contributed by atoms with Crippen molar-refractivity contribution in [2.75, 3.05) is 0 Å². The molecule has 1 heterocycles. The smallest absolute Gasteiger partial charge is 0.165 e. The van der Waals surface area contributed by atoms with E-state index in [4.69, 9.17) is 14.2 Å². The van der Waals surface area contributed by atoms with Gasteiger partial charge in [-0.3, -0.25) is 0 Å². The third-order valence-corrected chi connectivity index (χ3v) is 6.09. The highest BCUT2D eigenvalue weighted by atomic mass is 19.1. The first-order chi connectivity index (χ1) is 17.1. The molecule has 0 saturated heterocycles. The van der Waals surface area contributed by atoms with E-state index in [1.54, 1.807) is 12.1 Å². The molecular formula is C30H27FO4. The summed E-state index contributed by atoms with van der Waals surface area (Å²) in [6.07, 6.45) is -1.19. The van der Waals surface area contributed by atoms with Crippen molar-refractivity contribution in [1.29, 1.82) is 0 Å². The second-order valence-electron chi connectivity index (χ2n) is 8.79. The molecule has 1 aliphatic heterocycles. The number of ether oxygens (including phenoxy) is 3.